The fraction of sp³-hybridized carbons (Fsp3) is 0.875. The molecule has 13 nitrogen and oxygen atoms in total. The van der Waals surface area contributed by atoms with Gasteiger partial charge in [-0.15, -0.1) is 0 Å². The van der Waals surface area contributed by atoms with Crippen LogP contribution in [0.4, 0.5) is 0 Å². The van der Waals surface area contributed by atoms with Gasteiger partial charge >= 0.3 is 11.3 Å². The van der Waals surface area contributed by atoms with E-state index in [2.05, 4.69) is 0 Å². The van der Waals surface area contributed by atoms with Gasteiger partial charge in [-0.3, -0.25) is 40.5 Å². The highest BCUT2D eigenvalue weighted by Crippen LogP contribution is 2.37. The minimum atomic E-state index is -3.35. The molecule has 21 heavy (non-hydrogen) atoms. The van der Waals surface area contributed by atoms with E-state index in [9.17, 15) is 45.3 Å². The van der Waals surface area contributed by atoms with E-state index in [4.69, 9.17) is 0 Å². The molecule has 0 aromatic rings. The van der Waals surface area contributed by atoms with Crippen LogP contribution in [-0.2, 0) is 4.79 Å². The summed E-state index contributed by atoms with van der Waals surface area (Å²) in [6, 6.07) is 0. The molecule has 0 spiro atoms. The van der Waals surface area contributed by atoms with E-state index in [0.29, 0.717) is 0 Å². The van der Waals surface area contributed by atoms with Crippen LogP contribution < -0.4 is 0 Å². The van der Waals surface area contributed by atoms with E-state index in [0.717, 1.165) is 13.8 Å². The first-order valence-electron chi connectivity index (χ1n) is 5.62. The molecule has 0 saturated heterocycles. The standard InChI is InChI=1S/C8H12N4O9/c1-3-7(9(14)15,10(16)17)6(5-13)8(4-2,11(18)19)12(20)21/h5-6H,3-4H2,1-2H3. The van der Waals surface area contributed by atoms with Gasteiger partial charge in [-0.05, 0) is 0 Å². The van der Waals surface area contributed by atoms with Gasteiger partial charge in [0.25, 0.3) is 5.92 Å². The summed E-state index contributed by atoms with van der Waals surface area (Å²) in [5.74, 6) is -2.67. The van der Waals surface area contributed by atoms with Crippen molar-refractivity contribution in [1.82, 2.24) is 0 Å². The Morgan fingerprint density at radius 1 is 0.810 bits per heavy atom. The van der Waals surface area contributed by atoms with Crippen molar-refractivity contribution in [2.24, 2.45) is 5.92 Å². The number of hydrogen-bond donors (Lipinski definition) is 0. The Morgan fingerprint density at radius 3 is 1.14 bits per heavy atom. The predicted octanol–water partition coefficient (Wildman–Crippen LogP) is 0.121. The second kappa shape index (κ2) is 6.15. The van der Waals surface area contributed by atoms with Crippen LogP contribution in [0.1, 0.15) is 26.7 Å². The molecule has 0 aliphatic heterocycles. The van der Waals surface area contributed by atoms with Crippen LogP contribution in [0.3, 0.4) is 0 Å². The molecule has 0 heterocycles. The first kappa shape index (κ1) is 18.3. The molecule has 0 amide bonds. The van der Waals surface area contributed by atoms with Crippen molar-refractivity contribution in [3.63, 3.8) is 0 Å². The lowest BCUT2D eigenvalue weighted by Crippen LogP contribution is -2.66. The molecular weight excluding hydrogens is 296 g/mol. The van der Waals surface area contributed by atoms with Crippen LogP contribution in [0.15, 0.2) is 0 Å². The van der Waals surface area contributed by atoms with Crippen LogP contribution in [0, 0.1) is 46.4 Å². The average molecular weight is 308 g/mol. The lowest BCUT2D eigenvalue weighted by atomic mass is 9.80. The lowest BCUT2D eigenvalue weighted by molar-refractivity contribution is -0.857. The SMILES string of the molecule is CCC(C(C=O)C(CC)([N+](=O)[O-])[N+](=O)[O-])([N+](=O)[O-])[N+](=O)[O-]. The fourth-order valence-electron chi connectivity index (χ4n) is 2.13. The van der Waals surface area contributed by atoms with Gasteiger partial charge in [0.2, 0.25) is 0 Å². The summed E-state index contributed by atoms with van der Waals surface area (Å²) in [6.07, 6.45) is -2.32. The minimum absolute atomic E-state index is 0.454. The van der Waals surface area contributed by atoms with Gasteiger partial charge in [0, 0.05) is 0 Å². The van der Waals surface area contributed by atoms with Crippen LogP contribution in [0.25, 0.3) is 0 Å². The first-order valence-corrected chi connectivity index (χ1v) is 5.62. The van der Waals surface area contributed by atoms with Gasteiger partial charge in [-0.1, -0.05) is 13.8 Å². The normalized spacial score (nSPS) is 12.0. The summed E-state index contributed by atoms with van der Waals surface area (Å²) in [5.41, 5.74) is -6.70. The third kappa shape index (κ3) is 2.36. The molecule has 0 aromatic carbocycles. The largest absolute Gasteiger partial charge is 0.482 e. The molecule has 0 rings (SSSR count). The van der Waals surface area contributed by atoms with E-state index in [1.165, 1.54) is 0 Å². The maximum absolute atomic E-state index is 11.1. The van der Waals surface area contributed by atoms with Crippen molar-refractivity contribution in [1.29, 1.82) is 0 Å². The zero-order valence-corrected chi connectivity index (χ0v) is 11.0. The van der Waals surface area contributed by atoms with E-state index in [1.54, 1.807) is 0 Å². The Balaban J connectivity index is 6.60. The van der Waals surface area contributed by atoms with Crippen molar-refractivity contribution in [3.8, 4) is 0 Å². The van der Waals surface area contributed by atoms with E-state index >= 15 is 0 Å². The highest BCUT2D eigenvalue weighted by Gasteiger charge is 2.79. The molecule has 13 heteroatoms. The third-order valence-corrected chi connectivity index (χ3v) is 3.44. The topological polar surface area (TPSA) is 190 Å². The number of carbonyl (C=O) groups is 1. The van der Waals surface area contributed by atoms with Crippen molar-refractivity contribution in [2.75, 3.05) is 0 Å². The summed E-state index contributed by atoms with van der Waals surface area (Å²) >= 11 is 0. The number of rotatable bonds is 9. The summed E-state index contributed by atoms with van der Waals surface area (Å²) in [6.45, 7) is 1.89. The molecule has 0 bridgehead atoms. The van der Waals surface area contributed by atoms with Crippen LogP contribution in [-0.4, -0.2) is 37.3 Å². The summed E-state index contributed by atoms with van der Waals surface area (Å²) in [4.78, 5) is 49.4. The minimum Gasteiger partial charge on any atom is -0.302 e. The fourth-order valence-corrected chi connectivity index (χ4v) is 2.13. The number of nitro groups is 4. The molecule has 0 aliphatic rings. The number of aldehydes is 1. The Bertz CT molecular complexity index is 422. The smallest absolute Gasteiger partial charge is 0.302 e. The van der Waals surface area contributed by atoms with E-state index in [1.807, 2.05) is 0 Å². The Hall–Kier alpha value is -2.73. The van der Waals surface area contributed by atoms with Gasteiger partial charge in [0.1, 0.15) is 0 Å². The molecular formula is C8H12N4O9. The van der Waals surface area contributed by atoms with Crippen LogP contribution >= 0.6 is 0 Å². The second-order valence-electron chi connectivity index (χ2n) is 4.11. The Labute approximate surface area is 116 Å². The van der Waals surface area contributed by atoms with Crippen molar-refractivity contribution in [2.45, 2.75) is 38.0 Å². The molecule has 0 N–H and O–H groups in total. The maximum Gasteiger partial charge on any atom is 0.482 e. The van der Waals surface area contributed by atoms with Gasteiger partial charge in [0.05, 0.1) is 32.5 Å². The Morgan fingerprint density at radius 2 is 1.05 bits per heavy atom. The van der Waals surface area contributed by atoms with Crippen molar-refractivity contribution >= 4 is 6.29 Å². The van der Waals surface area contributed by atoms with E-state index in [-0.39, 0.29) is 0 Å². The van der Waals surface area contributed by atoms with Gasteiger partial charge in [-0.2, -0.15) is 0 Å². The molecule has 0 aromatic heterocycles. The Kier molecular flexibility index (Phi) is 5.35. The molecule has 0 unspecified atom stereocenters. The predicted molar refractivity (Wildman–Crippen MR) is 63.6 cm³/mol. The first-order chi connectivity index (χ1) is 9.59. The summed E-state index contributed by atoms with van der Waals surface area (Å²) in [7, 11) is 0. The number of hydrogen-bond acceptors (Lipinski definition) is 9. The summed E-state index contributed by atoms with van der Waals surface area (Å²) < 4.78 is 0. The van der Waals surface area contributed by atoms with Crippen LogP contribution in [0.5, 0.6) is 0 Å². The second-order valence-corrected chi connectivity index (χ2v) is 4.11. The third-order valence-electron chi connectivity index (χ3n) is 3.44. The monoisotopic (exact) mass is 308 g/mol. The van der Waals surface area contributed by atoms with Crippen molar-refractivity contribution < 1.29 is 24.5 Å². The zero-order valence-electron chi connectivity index (χ0n) is 11.0. The van der Waals surface area contributed by atoms with Gasteiger partial charge in [0.15, 0.2) is 6.29 Å². The van der Waals surface area contributed by atoms with Gasteiger partial charge < -0.3 is 4.79 Å². The lowest BCUT2D eigenvalue weighted by Gasteiger charge is -2.25. The summed E-state index contributed by atoms with van der Waals surface area (Å²) in [5, 5.41) is 44.2. The molecule has 0 saturated carbocycles. The quantitative estimate of drug-likeness (QED) is 0.246. The molecule has 118 valence electrons. The van der Waals surface area contributed by atoms with E-state index < -0.39 is 56.1 Å². The molecule has 0 atom stereocenters. The number of nitrogens with zero attached hydrogens (tertiary/aromatic N) is 4. The van der Waals surface area contributed by atoms with Gasteiger partial charge in [-0.25, -0.2) is 0 Å². The average Bonchev–Trinajstić information content (AvgIpc) is 2.37. The highest BCUT2D eigenvalue weighted by molar-refractivity contribution is 5.57. The number of carbonyl (C=O) groups excluding carboxylic acids is 1. The molecule has 0 aliphatic carbocycles. The highest BCUT2D eigenvalue weighted by atomic mass is 16.7. The molecule has 0 fully saturated rings. The van der Waals surface area contributed by atoms with Crippen molar-refractivity contribution in [3.05, 3.63) is 40.5 Å². The van der Waals surface area contributed by atoms with Crippen LogP contribution in [0.2, 0.25) is 0 Å². The maximum atomic E-state index is 11.1. The molecule has 0 radical (unpaired) electrons. The zero-order chi connectivity index (χ0) is 17.0.